The molecule has 2 N–H and O–H groups in total. The number of likely N-dealkylation sites (tertiary alicyclic amines) is 1. The van der Waals surface area contributed by atoms with Gasteiger partial charge < -0.3 is 10.6 Å². The molecule has 1 amide bonds. The highest BCUT2D eigenvalue weighted by molar-refractivity contribution is 5.93. The van der Waals surface area contributed by atoms with E-state index < -0.39 is 0 Å². The molecule has 2 heterocycles. The zero-order valence-corrected chi connectivity index (χ0v) is 15.1. The van der Waals surface area contributed by atoms with Crippen molar-refractivity contribution in [2.24, 2.45) is 0 Å². The van der Waals surface area contributed by atoms with Gasteiger partial charge in [0.05, 0.1) is 6.54 Å². The lowest BCUT2D eigenvalue weighted by Gasteiger charge is -2.23. The van der Waals surface area contributed by atoms with Crippen LogP contribution in [0.3, 0.4) is 0 Å². The molecule has 1 aromatic rings. The Morgan fingerprint density at radius 3 is 2.52 bits per heavy atom. The maximum absolute atomic E-state index is 12.4. The van der Waals surface area contributed by atoms with Crippen molar-refractivity contribution in [2.45, 2.75) is 52.1 Å². The normalized spacial score (nSPS) is 24.0. The molecular weight excluding hydrogens is 310 g/mol. The molecule has 2 aliphatic rings. The van der Waals surface area contributed by atoms with Crippen molar-refractivity contribution < 1.29 is 4.79 Å². The van der Waals surface area contributed by atoms with E-state index >= 15 is 0 Å². The first-order valence-electron chi connectivity index (χ1n) is 8.37. The Balaban J connectivity index is 0.00000192. The van der Waals surface area contributed by atoms with Crippen molar-refractivity contribution in [2.75, 3.05) is 25.0 Å². The second-order valence-corrected chi connectivity index (χ2v) is 6.98. The van der Waals surface area contributed by atoms with E-state index in [-0.39, 0.29) is 18.3 Å². The lowest BCUT2D eigenvalue weighted by Crippen LogP contribution is -2.39. The maximum atomic E-state index is 12.4. The van der Waals surface area contributed by atoms with Crippen LogP contribution in [0.1, 0.15) is 36.0 Å². The molecule has 0 aromatic heterocycles. The Labute approximate surface area is 145 Å². The highest BCUT2D eigenvalue weighted by atomic mass is 35.5. The molecule has 4 nitrogen and oxygen atoms in total. The van der Waals surface area contributed by atoms with Crippen LogP contribution in [-0.4, -0.2) is 42.5 Å². The van der Waals surface area contributed by atoms with Gasteiger partial charge in [0, 0.05) is 30.9 Å². The minimum atomic E-state index is 0. The number of anilines is 1. The Bertz CT molecular complexity index is 552. The van der Waals surface area contributed by atoms with E-state index in [0.29, 0.717) is 18.6 Å². The molecule has 23 heavy (non-hydrogen) atoms. The fourth-order valence-electron chi connectivity index (χ4n) is 3.92. The van der Waals surface area contributed by atoms with Crippen LogP contribution in [0.2, 0.25) is 0 Å². The average molecular weight is 338 g/mol. The highest BCUT2D eigenvalue weighted by Crippen LogP contribution is 2.23. The molecule has 2 aliphatic heterocycles. The van der Waals surface area contributed by atoms with Gasteiger partial charge in [0.1, 0.15) is 0 Å². The van der Waals surface area contributed by atoms with Crippen LogP contribution >= 0.6 is 12.4 Å². The van der Waals surface area contributed by atoms with Gasteiger partial charge in [0.15, 0.2) is 0 Å². The molecule has 128 valence electrons. The fourth-order valence-corrected chi connectivity index (χ4v) is 3.92. The summed E-state index contributed by atoms with van der Waals surface area (Å²) < 4.78 is 0. The number of rotatable bonds is 3. The average Bonchev–Trinajstić information content (AvgIpc) is 2.77. The summed E-state index contributed by atoms with van der Waals surface area (Å²) in [6.07, 6.45) is 3.71. The minimum Gasteiger partial charge on any atom is -0.324 e. The third kappa shape index (κ3) is 4.46. The molecule has 5 heteroatoms. The molecule has 2 unspecified atom stereocenters. The fraction of sp³-hybridized carbons (Fsp3) is 0.611. The number of nitrogens with one attached hydrogen (secondary N) is 2. The quantitative estimate of drug-likeness (QED) is 0.891. The summed E-state index contributed by atoms with van der Waals surface area (Å²) in [6, 6.07) is 5.48. The van der Waals surface area contributed by atoms with Crippen molar-refractivity contribution in [3.63, 3.8) is 0 Å². The SMILES string of the molecule is Cc1cc(C)c(NC(=O)CN2CCC3CCC(C2)N3)c(C)c1.Cl. The predicted molar refractivity (Wildman–Crippen MR) is 97.5 cm³/mol. The van der Waals surface area contributed by atoms with Crippen molar-refractivity contribution in [3.05, 3.63) is 28.8 Å². The van der Waals surface area contributed by atoms with Gasteiger partial charge >= 0.3 is 0 Å². The maximum Gasteiger partial charge on any atom is 0.238 e. The number of carbonyl (C=O) groups excluding carboxylic acids is 1. The van der Waals surface area contributed by atoms with E-state index in [0.717, 1.165) is 36.3 Å². The summed E-state index contributed by atoms with van der Waals surface area (Å²) in [5.41, 5.74) is 4.50. The third-order valence-corrected chi connectivity index (χ3v) is 4.92. The summed E-state index contributed by atoms with van der Waals surface area (Å²) in [5, 5.41) is 6.77. The highest BCUT2D eigenvalue weighted by Gasteiger charge is 2.29. The van der Waals surface area contributed by atoms with Crippen LogP contribution < -0.4 is 10.6 Å². The van der Waals surface area contributed by atoms with Gasteiger partial charge in [0.25, 0.3) is 0 Å². The molecule has 2 atom stereocenters. The van der Waals surface area contributed by atoms with Crippen LogP contribution in [0.25, 0.3) is 0 Å². The Morgan fingerprint density at radius 1 is 1.17 bits per heavy atom. The molecule has 1 aromatic carbocycles. The number of nitrogens with zero attached hydrogens (tertiary/aromatic N) is 1. The minimum absolute atomic E-state index is 0. The zero-order chi connectivity index (χ0) is 15.7. The summed E-state index contributed by atoms with van der Waals surface area (Å²) in [6.45, 7) is 8.72. The standard InChI is InChI=1S/C18H27N3O.ClH/c1-12-8-13(2)18(14(3)9-12)20-17(22)11-21-7-6-15-4-5-16(10-21)19-15;/h8-9,15-16,19H,4-7,10-11H2,1-3H3,(H,20,22);1H. The first-order valence-corrected chi connectivity index (χ1v) is 8.37. The van der Waals surface area contributed by atoms with Crippen molar-refractivity contribution in [3.8, 4) is 0 Å². The number of amides is 1. The molecule has 0 radical (unpaired) electrons. The molecule has 2 saturated heterocycles. The first kappa shape index (κ1) is 18.2. The van der Waals surface area contributed by atoms with Gasteiger partial charge in [0.2, 0.25) is 5.91 Å². The molecule has 0 saturated carbocycles. The van der Waals surface area contributed by atoms with Gasteiger partial charge in [-0.05, 0) is 51.2 Å². The molecule has 2 fully saturated rings. The zero-order valence-electron chi connectivity index (χ0n) is 14.3. The Morgan fingerprint density at radius 2 is 1.83 bits per heavy atom. The van der Waals surface area contributed by atoms with Crippen LogP contribution in [0.5, 0.6) is 0 Å². The number of aryl methyl sites for hydroxylation is 3. The van der Waals surface area contributed by atoms with Gasteiger partial charge in [-0.25, -0.2) is 0 Å². The molecule has 0 spiro atoms. The van der Waals surface area contributed by atoms with Crippen molar-refractivity contribution in [1.29, 1.82) is 0 Å². The Hall–Kier alpha value is -1.10. The van der Waals surface area contributed by atoms with Gasteiger partial charge in [-0.2, -0.15) is 0 Å². The second kappa shape index (κ2) is 7.65. The predicted octanol–water partition coefficient (Wildman–Crippen LogP) is 2.80. The van der Waals surface area contributed by atoms with Crippen molar-refractivity contribution >= 4 is 24.0 Å². The van der Waals surface area contributed by atoms with Gasteiger partial charge in [-0.1, -0.05) is 17.7 Å². The summed E-state index contributed by atoms with van der Waals surface area (Å²) >= 11 is 0. The lowest BCUT2D eigenvalue weighted by molar-refractivity contribution is -0.117. The van der Waals surface area contributed by atoms with Crippen LogP contribution in [0.4, 0.5) is 5.69 Å². The van der Waals surface area contributed by atoms with Crippen LogP contribution in [0.15, 0.2) is 12.1 Å². The Kier molecular flexibility index (Phi) is 6.06. The molecule has 3 rings (SSSR count). The molecule has 2 bridgehead atoms. The first-order chi connectivity index (χ1) is 10.5. The van der Waals surface area contributed by atoms with E-state index in [9.17, 15) is 4.79 Å². The molecule has 0 aliphatic carbocycles. The second-order valence-electron chi connectivity index (χ2n) is 6.98. The monoisotopic (exact) mass is 337 g/mol. The summed E-state index contributed by atoms with van der Waals surface area (Å²) in [5.74, 6) is 0.104. The van der Waals surface area contributed by atoms with Gasteiger partial charge in [-0.15, -0.1) is 12.4 Å². The third-order valence-electron chi connectivity index (χ3n) is 4.92. The van der Waals surface area contributed by atoms with Crippen LogP contribution in [0, 0.1) is 20.8 Å². The number of halogens is 1. The smallest absolute Gasteiger partial charge is 0.238 e. The van der Waals surface area contributed by atoms with E-state index in [1.807, 2.05) is 0 Å². The number of carbonyl (C=O) groups is 1. The van der Waals surface area contributed by atoms with Crippen LogP contribution in [-0.2, 0) is 4.79 Å². The number of benzene rings is 1. The van der Waals surface area contributed by atoms with E-state index in [1.54, 1.807) is 0 Å². The summed E-state index contributed by atoms with van der Waals surface area (Å²) in [4.78, 5) is 14.7. The van der Waals surface area contributed by atoms with Crippen molar-refractivity contribution in [1.82, 2.24) is 10.2 Å². The number of hydrogen-bond acceptors (Lipinski definition) is 3. The number of fused-ring (bicyclic) bond motifs is 2. The summed E-state index contributed by atoms with van der Waals surface area (Å²) in [7, 11) is 0. The molecular formula is C18H28ClN3O. The lowest BCUT2D eigenvalue weighted by atomic mass is 10.1. The van der Waals surface area contributed by atoms with E-state index in [4.69, 9.17) is 0 Å². The largest absolute Gasteiger partial charge is 0.324 e. The topological polar surface area (TPSA) is 44.4 Å². The number of hydrogen-bond donors (Lipinski definition) is 2. The van der Waals surface area contributed by atoms with E-state index in [1.165, 1.54) is 18.4 Å². The van der Waals surface area contributed by atoms with E-state index in [2.05, 4.69) is 48.4 Å². The van der Waals surface area contributed by atoms with Gasteiger partial charge in [-0.3, -0.25) is 9.69 Å².